The second-order valence-corrected chi connectivity index (χ2v) is 7.91. The van der Waals surface area contributed by atoms with Gasteiger partial charge in [0, 0.05) is 17.7 Å². The van der Waals surface area contributed by atoms with E-state index >= 15 is 0 Å². The van der Waals surface area contributed by atoms with Crippen molar-refractivity contribution in [1.82, 2.24) is 10.5 Å². The maximum absolute atomic E-state index is 5.54. The molecule has 0 amide bonds. The SMILES string of the molecule is CC1(C)[C@H](Cc2cc(-c3ccccc3)on2)C[C@@H]1NCC1CC1. The van der Waals surface area contributed by atoms with E-state index in [0.29, 0.717) is 17.4 Å². The van der Waals surface area contributed by atoms with Crippen LogP contribution in [0.2, 0.25) is 0 Å². The summed E-state index contributed by atoms with van der Waals surface area (Å²) in [5.41, 5.74) is 2.53. The van der Waals surface area contributed by atoms with Gasteiger partial charge in [-0.15, -0.1) is 0 Å². The molecular weight excluding hydrogens is 284 g/mol. The molecule has 4 rings (SSSR count). The third-order valence-corrected chi connectivity index (χ3v) is 5.89. The summed E-state index contributed by atoms with van der Waals surface area (Å²) in [7, 11) is 0. The van der Waals surface area contributed by atoms with Crippen LogP contribution in [-0.4, -0.2) is 17.7 Å². The quantitative estimate of drug-likeness (QED) is 0.864. The van der Waals surface area contributed by atoms with Crippen molar-refractivity contribution < 1.29 is 4.52 Å². The fraction of sp³-hybridized carbons (Fsp3) is 0.550. The molecule has 2 fully saturated rings. The summed E-state index contributed by atoms with van der Waals surface area (Å²) < 4.78 is 5.54. The Morgan fingerprint density at radius 1 is 1.22 bits per heavy atom. The molecule has 2 aliphatic carbocycles. The lowest BCUT2D eigenvalue weighted by Gasteiger charge is -2.52. The summed E-state index contributed by atoms with van der Waals surface area (Å²) >= 11 is 0. The molecule has 1 N–H and O–H groups in total. The van der Waals surface area contributed by atoms with Gasteiger partial charge in [0.2, 0.25) is 0 Å². The Morgan fingerprint density at radius 2 is 2.00 bits per heavy atom. The van der Waals surface area contributed by atoms with Crippen LogP contribution in [0.15, 0.2) is 40.9 Å². The van der Waals surface area contributed by atoms with E-state index in [4.69, 9.17) is 4.52 Å². The molecule has 3 heteroatoms. The van der Waals surface area contributed by atoms with Gasteiger partial charge in [-0.1, -0.05) is 49.3 Å². The summed E-state index contributed by atoms with van der Waals surface area (Å²) in [4.78, 5) is 0. The molecule has 0 radical (unpaired) electrons. The highest BCUT2D eigenvalue weighted by Gasteiger charge is 2.48. The first kappa shape index (κ1) is 14.9. The van der Waals surface area contributed by atoms with Crippen LogP contribution in [0, 0.1) is 17.3 Å². The Bertz CT molecular complexity index is 657. The maximum atomic E-state index is 5.54. The van der Waals surface area contributed by atoms with E-state index in [-0.39, 0.29) is 0 Å². The molecule has 1 aromatic heterocycles. The van der Waals surface area contributed by atoms with Crippen LogP contribution in [-0.2, 0) is 6.42 Å². The maximum Gasteiger partial charge on any atom is 0.167 e. The van der Waals surface area contributed by atoms with Crippen LogP contribution in [0.4, 0.5) is 0 Å². The Hall–Kier alpha value is -1.61. The second kappa shape index (κ2) is 5.79. The molecule has 2 saturated carbocycles. The molecule has 2 aromatic rings. The van der Waals surface area contributed by atoms with Crippen molar-refractivity contribution in [2.75, 3.05) is 6.54 Å². The number of rotatable bonds is 6. The van der Waals surface area contributed by atoms with Gasteiger partial charge in [0.25, 0.3) is 0 Å². The predicted octanol–water partition coefficient (Wildman–Crippen LogP) is 4.30. The Kier molecular flexibility index (Phi) is 3.76. The Morgan fingerprint density at radius 3 is 2.70 bits per heavy atom. The predicted molar refractivity (Wildman–Crippen MR) is 92.0 cm³/mol. The fourth-order valence-electron chi connectivity index (χ4n) is 3.74. The van der Waals surface area contributed by atoms with Crippen LogP contribution in [0.5, 0.6) is 0 Å². The average Bonchev–Trinajstić information content (AvgIpc) is 3.27. The minimum Gasteiger partial charge on any atom is -0.356 e. The van der Waals surface area contributed by atoms with Crippen molar-refractivity contribution in [2.45, 2.75) is 45.6 Å². The van der Waals surface area contributed by atoms with Gasteiger partial charge in [0.05, 0.1) is 5.69 Å². The van der Waals surface area contributed by atoms with Crippen LogP contribution in [0.25, 0.3) is 11.3 Å². The molecule has 0 aliphatic heterocycles. The first-order valence-corrected chi connectivity index (χ1v) is 8.87. The minimum absolute atomic E-state index is 0.348. The van der Waals surface area contributed by atoms with Crippen LogP contribution in [0.1, 0.15) is 38.8 Å². The number of hydrogen-bond donors (Lipinski definition) is 1. The number of aromatic nitrogens is 1. The summed E-state index contributed by atoms with van der Waals surface area (Å²) in [5, 5.41) is 8.07. The van der Waals surface area contributed by atoms with E-state index in [2.05, 4.69) is 42.5 Å². The highest BCUT2D eigenvalue weighted by Crippen LogP contribution is 2.48. The van der Waals surface area contributed by atoms with Gasteiger partial charge in [-0.05, 0) is 49.5 Å². The zero-order valence-corrected chi connectivity index (χ0v) is 14.1. The summed E-state index contributed by atoms with van der Waals surface area (Å²) in [6.45, 7) is 6.00. The minimum atomic E-state index is 0.348. The average molecular weight is 310 g/mol. The Balaban J connectivity index is 1.36. The first-order valence-electron chi connectivity index (χ1n) is 8.87. The highest BCUT2D eigenvalue weighted by atomic mass is 16.5. The second-order valence-electron chi connectivity index (χ2n) is 7.91. The van der Waals surface area contributed by atoms with Crippen LogP contribution >= 0.6 is 0 Å². The van der Waals surface area contributed by atoms with Gasteiger partial charge in [-0.25, -0.2) is 0 Å². The standard InChI is InChI=1S/C20H26N2O/c1-20(2)16(11-19(20)21-13-14-8-9-14)10-17-12-18(23-22-17)15-6-4-3-5-7-15/h3-7,12,14,16,19,21H,8-11,13H2,1-2H3/t16-,19+/m1/s1. The zero-order valence-electron chi connectivity index (χ0n) is 14.1. The molecule has 0 spiro atoms. The molecule has 0 saturated heterocycles. The molecule has 2 aliphatic rings. The van der Waals surface area contributed by atoms with Crippen molar-refractivity contribution in [1.29, 1.82) is 0 Å². The summed E-state index contributed by atoms with van der Waals surface area (Å²) in [6.07, 6.45) is 5.12. The Labute approximate surface area is 138 Å². The molecule has 2 atom stereocenters. The van der Waals surface area contributed by atoms with E-state index in [1.54, 1.807) is 0 Å². The topological polar surface area (TPSA) is 38.1 Å². The number of benzene rings is 1. The van der Waals surface area contributed by atoms with Crippen molar-refractivity contribution >= 4 is 0 Å². The van der Waals surface area contributed by atoms with Crippen molar-refractivity contribution in [3.63, 3.8) is 0 Å². The van der Waals surface area contributed by atoms with Gasteiger partial charge in [0.15, 0.2) is 5.76 Å². The molecule has 3 nitrogen and oxygen atoms in total. The van der Waals surface area contributed by atoms with E-state index in [1.165, 1.54) is 25.8 Å². The fourth-order valence-corrected chi connectivity index (χ4v) is 3.74. The third kappa shape index (κ3) is 3.07. The lowest BCUT2D eigenvalue weighted by atomic mass is 9.57. The first-order chi connectivity index (χ1) is 11.1. The van der Waals surface area contributed by atoms with E-state index < -0.39 is 0 Å². The molecular formula is C20H26N2O. The molecule has 0 bridgehead atoms. The monoisotopic (exact) mass is 310 g/mol. The zero-order chi connectivity index (χ0) is 15.9. The highest BCUT2D eigenvalue weighted by molar-refractivity contribution is 5.56. The molecule has 122 valence electrons. The lowest BCUT2D eigenvalue weighted by Crippen LogP contribution is -2.57. The molecule has 23 heavy (non-hydrogen) atoms. The smallest absolute Gasteiger partial charge is 0.167 e. The van der Waals surface area contributed by atoms with Crippen LogP contribution < -0.4 is 5.32 Å². The summed E-state index contributed by atoms with van der Waals surface area (Å²) in [6, 6.07) is 13.0. The van der Waals surface area contributed by atoms with Gasteiger partial charge >= 0.3 is 0 Å². The number of hydrogen-bond acceptors (Lipinski definition) is 3. The lowest BCUT2D eigenvalue weighted by molar-refractivity contribution is 0.0131. The molecule has 1 aromatic carbocycles. The molecule has 1 heterocycles. The van der Waals surface area contributed by atoms with Crippen molar-refractivity contribution in [2.24, 2.45) is 17.3 Å². The van der Waals surface area contributed by atoms with E-state index in [9.17, 15) is 0 Å². The largest absolute Gasteiger partial charge is 0.356 e. The van der Waals surface area contributed by atoms with Gasteiger partial charge in [0.1, 0.15) is 0 Å². The number of nitrogens with zero attached hydrogens (tertiary/aromatic N) is 1. The molecule has 0 unspecified atom stereocenters. The van der Waals surface area contributed by atoms with Crippen molar-refractivity contribution in [3.8, 4) is 11.3 Å². The van der Waals surface area contributed by atoms with E-state index in [1.807, 2.05) is 18.2 Å². The van der Waals surface area contributed by atoms with Gasteiger partial charge < -0.3 is 9.84 Å². The van der Waals surface area contributed by atoms with Gasteiger partial charge in [-0.2, -0.15) is 0 Å². The summed E-state index contributed by atoms with van der Waals surface area (Å²) in [5.74, 6) is 2.52. The van der Waals surface area contributed by atoms with Crippen molar-refractivity contribution in [3.05, 3.63) is 42.1 Å². The third-order valence-electron chi connectivity index (χ3n) is 5.89. The van der Waals surface area contributed by atoms with Crippen LogP contribution in [0.3, 0.4) is 0 Å². The van der Waals surface area contributed by atoms with Gasteiger partial charge in [-0.3, -0.25) is 0 Å². The number of nitrogens with one attached hydrogen (secondary N) is 1. The van der Waals surface area contributed by atoms with E-state index in [0.717, 1.165) is 29.4 Å². The normalized spacial score (nSPS) is 26.0.